The molecular formula is C20H40NO10P. The van der Waals surface area contributed by atoms with Crippen LogP contribution in [0.25, 0.3) is 0 Å². The van der Waals surface area contributed by atoms with Gasteiger partial charge in [0.05, 0.1) is 43.8 Å². The van der Waals surface area contributed by atoms with E-state index in [9.17, 15) is 24.5 Å². The van der Waals surface area contributed by atoms with Gasteiger partial charge in [0.2, 0.25) is 5.91 Å². The summed E-state index contributed by atoms with van der Waals surface area (Å²) in [6.45, 7) is 11.3. The molecule has 1 aliphatic heterocycles. The van der Waals surface area contributed by atoms with E-state index < -0.39 is 55.9 Å². The lowest BCUT2D eigenvalue weighted by Crippen LogP contribution is -2.65. The van der Waals surface area contributed by atoms with E-state index in [0.29, 0.717) is 0 Å². The van der Waals surface area contributed by atoms with Crippen molar-refractivity contribution in [3.8, 4) is 0 Å². The van der Waals surface area contributed by atoms with Crippen LogP contribution in [0.5, 0.6) is 0 Å². The second-order valence-electron chi connectivity index (χ2n) is 9.63. The first-order chi connectivity index (χ1) is 14.6. The molecule has 6 atom stereocenters. The van der Waals surface area contributed by atoms with E-state index in [0.717, 1.165) is 0 Å². The number of amides is 1. The number of rotatable bonds is 11. The average molecular weight is 486 g/mol. The van der Waals surface area contributed by atoms with Crippen molar-refractivity contribution >= 4 is 13.5 Å². The fourth-order valence-corrected chi connectivity index (χ4v) is 3.56. The minimum absolute atomic E-state index is 0.139. The maximum Gasteiger partial charge on any atom is 0.333 e. The van der Waals surface area contributed by atoms with Crippen molar-refractivity contribution in [2.24, 2.45) is 0 Å². The van der Waals surface area contributed by atoms with Gasteiger partial charge < -0.3 is 43.9 Å². The van der Waals surface area contributed by atoms with Crippen molar-refractivity contribution in [3.63, 3.8) is 0 Å². The van der Waals surface area contributed by atoms with Gasteiger partial charge in [-0.25, -0.2) is 0 Å². The van der Waals surface area contributed by atoms with Crippen LogP contribution in [0.2, 0.25) is 0 Å². The molecule has 190 valence electrons. The molecular weight excluding hydrogens is 445 g/mol. The minimum atomic E-state index is -3.86. The van der Waals surface area contributed by atoms with Gasteiger partial charge in [0.25, 0.3) is 0 Å². The quantitative estimate of drug-likeness (QED) is 0.244. The molecule has 1 aliphatic rings. The monoisotopic (exact) mass is 485 g/mol. The molecule has 0 aromatic heterocycles. The molecule has 0 aromatic rings. The number of aliphatic hydroxyl groups excluding tert-OH is 2. The summed E-state index contributed by atoms with van der Waals surface area (Å²) in [7, 11) is -3.86. The predicted octanol–water partition coefficient (Wildman–Crippen LogP) is 0.787. The van der Waals surface area contributed by atoms with Crippen LogP contribution in [0.1, 0.15) is 48.5 Å². The van der Waals surface area contributed by atoms with Crippen LogP contribution >= 0.6 is 7.60 Å². The molecule has 0 aliphatic carbocycles. The van der Waals surface area contributed by atoms with Crippen LogP contribution in [-0.4, -0.2) is 95.4 Å². The SMILES string of the molecule is CC(=O)NC1C(OCCOC(C)(C)C)OC(CO)C(OCCOP(=O)(O)C(C)(C)C)C1O. The summed E-state index contributed by atoms with van der Waals surface area (Å²) in [5.41, 5.74) is -0.354. The predicted molar refractivity (Wildman–Crippen MR) is 116 cm³/mol. The van der Waals surface area contributed by atoms with Gasteiger partial charge >= 0.3 is 7.60 Å². The first-order valence-corrected chi connectivity index (χ1v) is 12.2. The average Bonchev–Trinajstić information content (AvgIpc) is 2.63. The lowest BCUT2D eigenvalue weighted by Gasteiger charge is -2.44. The third-order valence-electron chi connectivity index (χ3n) is 4.63. The molecule has 1 heterocycles. The van der Waals surface area contributed by atoms with Gasteiger partial charge in [0.15, 0.2) is 6.29 Å². The minimum Gasteiger partial charge on any atom is -0.394 e. The zero-order chi connectivity index (χ0) is 24.7. The highest BCUT2D eigenvalue weighted by molar-refractivity contribution is 7.54. The number of hydrogen-bond acceptors (Lipinski definition) is 9. The van der Waals surface area contributed by atoms with Crippen molar-refractivity contribution in [2.45, 2.75) is 89.9 Å². The Balaban J connectivity index is 2.75. The number of aliphatic hydroxyl groups is 2. The third kappa shape index (κ3) is 9.32. The Morgan fingerprint density at radius 3 is 2.16 bits per heavy atom. The molecule has 1 rings (SSSR count). The van der Waals surface area contributed by atoms with Crippen LogP contribution in [0.3, 0.4) is 0 Å². The molecule has 1 amide bonds. The number of carbonyl (C=O) groups is 1. The molecule has 0 saturated carbocycles. The molecule has 4 N–H and O–H groups in total. The maximum atomic E-state index is 12.2. The van der Waals surface area contributed by atoms with Crippen molar-refractivity contribution in [1.82, 2.24) is 5.32 Å². The summed E-state index contributed by atoms with van der Waals surface area (Å²) >= 11 is 0. The molecule has 0 bridgehead atoms. The van der Waals surface area contributed by atoms with Crippen LogP contribution in [0.4, 0.5) is 0 Å². The molecule has 0 radical (unpaired) electrons. The number of nitrogens with one attached hydrogen (secondary N) is 1. The number of ether oxygens (including phenoxy) is 4. The largest absolute Gasteiger partial charge is 0.394 e. The zero-order valence-electron chi connectivity index (χ0n) is 20.1. The fourth-order valence-electron chi connectivity index (χ4n) is 2.85. The maximum absolute atomic E-state index is 12.2. The van der Waals surface area contributed by atoms with Gasteiger partial charge in [-0.05, 0) is 41.5 Å². The van der Waals surface area contributed by atoms with Gasteiger partial charge in [-0.3, -0.25) is 9.36 Å². The van der Waals surface area contributed by atoms with E-state index in [1.807, 2.05) is 20.8 Å². The summed E-state index contributed by atoms with van der Waals surface area (Å²) in [6.07, 6.45) is -4.29. The first-order valence-electron chi connectivity index (χ1n) is 10.6. The Bertz CT molecular complexity index is 633. The highest BCUT2D eigenvalue weighted by Gasteiger charge is 2.47. The highest BCUT2D eigenvalue weighted by atomic mass is 31.2. The van der Waals surface area contributed by atoms with Gasteiger partial charge in [-0.15, -0.1) is 0 Å². The van der Waals surface area contributed by atoms with E-state index in [1.165, 1.54) is 6.92 Å². The summed E-state index contributed by atoms with van der Waals surface area (Å²) in [4.78, 5) is 21.6. The van der Waals surface area contributed by atoms with Crippen molar-refractivity contribution < 1.29 is 47.9 Å². The van der Waals surface area contributed by atoms with Gasteiger partial charge in [0.1, 0.15) is 24.4 Å². The van der Waals surface area contributed by atoms with E-state index in [1.54, 1.807) is 20.8 Å². The van der Waals surface area contributed by atoms with E-state index in [2.05, 4.69) is 5.32 Å². The summed E-state index contributed by atoms with van der Waals surface area (Å²) in [5, 5.41) is 22.2. The van der Waals surface area contributed by atoms with E-state index >= 15 is 0 Å². The Labute approximate surface area is 190 Å². The van der Waals surface area contributed by atoms with Crippen molar-refractivity contribution in [3.05, 3.63) is 0 Å². The molecule has 32 heavy (non-hydrogen) atoms. The lowest BCUT2D eigenvalue weighted by molar-refractivity contribution is -0.281. The summed E-state index contributed by atoms with van der Waals surface area (Å²) < 4.78 is 39.9. The number of hydrogen-bond donors (Lipinski definition) is 4. The van der Waals surface area contributed by atoms with Crippen LogP contribution in [0, 0.1) is 0 Å². The lowest BCUT2D eigenvalue weighted by atomic mass is 9.96. The zero-order valence-corrected chi connectivity index (χ0v) is 21.0. The highest BCUT2D eigenvalue weighted by Crippen LogP contribution is 2.54. The molecule has 12 heteroatoms. The van der Waals surface area contributed by atoms with Gasteiger partial charge in [0, 0.05) is 6.92 Å². The molecule has 11 nitrogen and oxygen atoms in total. The topological polar surface area (TPSA) is 153 Å². The molecule has 1 saturated heterocycles. The molecule has 0 spiro atoms. The number of carbonyl (C=O) groups excluding carboxylic acids is 1. The molecule has 1 fully saturated rings. The third-order valence-corrected chi connectivity index (χ3v) is 6.86. The van der Waals surface area contributed by atoms with E-state index in [-0.39, 0.29) is 32.0 Å². The normalized spacial score (nSPS) is 28.9. The standard InChI is InChI=1S/C20H40NO10P/c1-13(23)21-15-16(24)17(27-9-11-30-32(25,26)20(5,6)7)14(12-22)31-18(15)28-8-10-29-19(2,3)4/h14-18,22,24H,8-12H2,1-7H3,(H,21,23)(H,25,26). The van der Waals surface area contributed by atoms with Crippen LogP contribution in [0.15, 0.2) is 0 Å². The fraction of sp³-hybridized carbons (Fsp3) is 0.950. The van der Waals surface area contributed by atoms with Crippen molar-refractivity contribution in [2.75, 3.05) is 33.0 Å². The Morgan fingerprint density at radius 1 is 1.06 bits per heavy atom. The first kappa shape index (κ1) is 29.4. The Morgan fingerprint density at radius 2 is 1.66 bits per heavy atom. The smallest absolute Gasteiger partial charge is 0.333 e. The van der Waals surface area contributed by atoms with E-state index in [4.69, 9.17) is 23.5 Å². The second-order valence-corrected chi connectivity index (χ2v) is 12.3. The summed E-state index contributed by atoms with van der Waals surface area (Å²) in [5.74, 6) is -0.409. The second kappa shape index (κ2) is 12.2. The molecule has 6 unspecified atom stereocenters. The van der Waals surface area contributed by atoms with Gasteiger partial charge in [-0.2, -0.15) is 0 Å². The Hall–Kier alpha value is -0.620. The Kier molecular flexibility index (Phi) is 11.2. The van der Waals surface area contributed by atoms with Gasteiger partial charge in [-0.1, -0.05) is 0 Å². The van der Waals surface area contributed by atoms with Crippen LogP contribution in [-0.2, 0) is 32.8 Å². The van der Waals surface area contributed by atoms with Crippen molar-refractivity contribution in [1.29, 1.82) is 0 Å². The summed E-state index contributed by atoms with van der Waals surface area (Å²) in [6, 6.07) is -0.964. The molecule has 0 aromatic carbocycles. The van der Waals surface area contributed by atoms with Crippen LogP contribution < -0.4 is 5.32 Å².